The van der Waals surface area contributed by atoms with Crippen molar-refractivity contribution in [2.24, 2.45) is 0 Å². The summed E-state index contributed by atoms with van der Waals surface area (Å²) in [6, 6.07) is 5.03. The molecule has 0 aliphatic rings. The lowest BCUT2D eigenvalue weighted by atomic mass is 10.2. The monoisotopic (exact) mass is 478 g/mol. The van der Waals surface area contributed by atoms with Gasteiger partial charge in [-0.1, -0.05) is 47.6 Å². The average molecular weight is 479 g/mol. The van der Waals surface area contributed by atoms with Gasteiger partial charge in [-0.2, -0.15) is 13.2 Å². The summed E-state index contributed by atoms with van der Waals surface area (Å²) in [5, 5.41) is 0.118. The number of hydrogen-bond donors (Lipinski definition) is 0. The maximum atomic E-state index is 13.1. The highest BCUT2D eigenvalue weighted by atomic mass is 28.4. The van der Waals surface area contributed by atoms with E-state index in [1.807, 2.05) is 0 Å². The molecule has 180 valence electrons. The lowest BCUT2D eigenvalue weighted by molar-refractivity contribution is -0.137. The van der Waals surface area contributed by atoms with Crippen LogP contribution in [0.3, 0.4) is 0 Å². The Morgan fingerprint density at radius 3 is 1.84 bits per heavy atom. The molecule has 3 nitrogen and oxygen atoms in total. The van der Waals surface area contributed by atoms with Crippen molar-refractivity contribution in [3.63, 3.8) is 0 Å². The zero-order chi connectivity index (χ0) is 24.3. The highest BCUT2D eigenvalue weighted by Gasteiger charge is 2.39. The number of ether oxygens (including phenoxy) is 1. The summed E-state index contributed by atoms with van der Waals surface area (Å²) in [5.41, 5.74) is -0.716. The molecule has 0 fully saturated rings. The van der Waals surface area contributed by atoms with Crippen LogP contribution in [0.25, 0.3) is 0 Å². The van der Waals surface area contributed by atoms with Gasteiger partial charge in [0.15, 0.2) is 16.6 Å². The fraction of sp³-hybridized carbons (Fsp3) is 0.739. The highest BCUT2D eigenvalue weighted by molar-refractivity contribution is 6.74. The second-order valence-corrected chi connectivity index (χ2v) is 20.9. The number of benzene rings is 1. The summed E-state index contributed by atoms with van der Waals surface area (Å²) >= 11 is 0. The summed E-state index contributed by atoms with van der Waals surface area (Å²) in [6.07, 6.45) is -4.24. The Morgan fingerprint density at radius 1 is 0.839 bits per heavy atom. The molecule has 0 heterocycles. The van der Waals surface area contributed by atoms with Crippen molar-refractivity contribution in [2.75, 3.05) is 13.2 Å². The molecular formula is C23H41F3O3Si2. The van der Waals surface area contributed by atoms with Gasteiger partial charge in [-0.15, -0.1) is 0 Å². The van der Waals surface area contributed by atoms with Gasteiger partial charge in [0.1, 0.15) is 11.9 Å². The molecule has 0 aliphatic carbocycles. The first-order valence-electron chi connectivity index (χ1n) is 10.9. The fourth-order valence-electron chi connectivity index (χ4n) is 2.29. The van der Waals surface area contributed by atoms with Crippen LogP contribution in [0.4, 0.5) is 13.2 Å². The summed E-state index contributed by atoms with van der Waals surface area (Å²) in [7, 11) is -3.95. The van der Waals surface area contributed by atoms with Crippen molar-refractivity contribution >= 4 is 16.6 Å². The van der Waals surface area contributed by atoms with Gasteiger partial charge in [0.25, 0.3) is 0 Å². The zero-order valence-electron chi connectivity index (χ0n) is 20.9. The predicted molar refractivity (Wildman–Crippen MR) is 127 cm³/mol. The quantitative estimate of drug-likeness (QED) is 0.338. The molecule has 0 bridgehead atoms. The topological polar surface area (TPSA) is 27.7 Å². The SMILES string of the molecule is CC(C)(C)[Si](C)(C)OCC[C@H](CO[Si](C)(C)C(C)(C)C)Oc1cccc(C(F)(F)F)c1. The molecular weight excluding hydrogens is 437 g/mol. The second-order valence-electron chi connectivity index (χ2n) is 11.2. The standard InChI is InChI=1S/C23H41F3O3Si2/c1-21(2,3)30(7,8)27-15-14-20(17-28-31(9,10)22(4,5)6)29-19-13-11-12-18(16-19)23(24,25)26/h11-13,16,20H,14-15,17H2,1-10H3/t20-/m1/s1. The van der Waals surface area contributed by atoms with Crippen LogP contribution in [-0.4, -0.2) is 36.0 Å². The van der Waals surface area contributed by atoms with Crippen molar-refractivity contribution in [1.29, 1.82) is 0 Å². The number of rotatable bonds is 9. The first-order valence-corrected chi connectivity index (χ1v) is 16.7. The Labute approximate surface area is 188 Å². The van der Waals surface area contributed by atoms with Gasteiger partial charge in [0, 0.05) is 13.0 Å². The van der Waals surface area contributed by atoms with Crippen molar-refractivity contribution in [3.8, 4) is 5.75 Å². The van der Waals surface area contributed by atoms with Crippen LogP contribution in [0.5, 0.6) is 5.75 Å². The Morgan fingerprint density at radius 2 is 1.35 bits per heavy atom. The molecule has 0 radical (unpaired) electrons. The molecule has 1 aromatic carbocycles. The first-order chi connectivity index (χ1) is 13.8. The first kappa shape index (κ1) is 28.2. The van der Waals surface area contributed by atoms with Crippen molar-refractivity contribution in [1.82, 2.24) is 0 Å². The Hall–Kier alpha value is -0.836. The molecule has 0 unspecified atom stereocenters. The third kappa shape index (κ3) is 8.55. The lowest BCUT2D eigenvalue weighted by Crippen LogP contribution is -2.44. The molecule has 0 saturated heterocycles. The third-order valence-corrected chi connectivity index (χ3v) is 15.6. The minimum atomic E-state index is -4.40. The average Bonchev–Trinajstić information content (AvgIpc) is 2.57. The van der Waals surface area contributed by atoms with E-state index in [2.05, 4.69) is 67.7 Å². The molecule has 8 heteroatoms. The molecule has 0 spiro atoms. The largest absolute Gasteiger partial charge is 0.488 e. The molecule has 0 N–H and O–H groups in total. The third-order valence-electron chi connectivity index (χ3n) is 6.61. The second kappa shape index (κ2) is 9.97. The number of halogens is 3. The number of alkyl halides is 3. The van der Waals surface area contributed by atoms with Gasteiger partial charge in [-0.25, -0.2) is 0 Å². The van der Waals surface area contributed by atoms with Crippen LogP contribution < -0.4 is 4.74 Å². The van der Waals surface area contributed by atoms with E-state index in [1.165, 1.54) is 6.07 Å². The van der Waals surface area contributed by atoms with Crippen LogP contribution in [0.2, 0.25) is 36.3 Å². The molecule has 1 rings (SSSR count). The van der Waals surface area contributed by atoms with Crippen molar-refractivity contribution in [2.45, 2.75) is 96.5 Å². The Bertz CT molecular complexity index is 705. The van der Waals surface area contributed by atoms with Crippen LogP contribution >= 0.6 is 0 Å². The van der Waals surface area contributed by atoms with E-state index in [0.29, 0.717) is 19.6 Å². The molecule has 0 aliphatic heterocycles. The molecule has 0 saturated carbocycles. The maximum absolute atomic E-state index is 13.1. The minimum Gasteiger partial charge on any atom is -0.488 e. The van der Waals surface area contributed by atoms with Gasteiger partial charge >= 0.3 is 6.18 Å². The van der Waals surface area contributed by atoms with Crippen LogP contribution in [0, 0.1) is 0 Å². The maximum Gasteiger partial charge on any atom is 0.416 e. The van der Waals surface area contributed by atoms with E-state index in [0.717, 1.165) is 12.1 Å². The van der Waals surface area contributed by atoms with E-state index in [9.17, 15) is 13.2 Å². The van der Waals surface area contributed by atoms with E-state index >= 15 is 0 Å². The minimum absolute atomic E-state index is 0.0331. The predicted octanol–water partition coefficient (Wildman–Crippen LogP) is 7.89. The highest BCUT2D eigenvalue weighted by Crippen LogP contribution is 2.38. The summed E-state index contributed by atoms with van der Waals surface area (Å²) in [4.78, 5) is 0. The molecule has 0 amide bonds. The van der Waals surface area contributed by atoms with Crippen LogP contribution in [0.1, 0.15) is 53.5 Å². The van der Waals surface area contributed by atoms with Crippen LogP contribution in [-0.2, 0) is 15.0 Å². The molecule has 1 atom stereocenters. The van der Waals surface area contributed by atoms with Gasteiger partial charge in [-0.05, 0) is 54.5 Å². The lowest BCUT2D eigenvalue weighted by Gasteiger charge is -2.38. The normalized spacial score (nSPS) is 15.1. The van der Waals surface area contributed by atoms with Crippen molar-refractivity contribution < 1.29 is 26.8 Å². The summed E-state index contributed by atoms with van der Waals surface area (Å²) < 4.78 is 57.9. The van der Waals surface area contributed by atoms with E-state index in [-0.39, 0.29) is 21.9 Å². The Balaban J connectivity index is 2.95. The zero-order valence-corrected chi connectivity index (χ0v) is 22.9. The van der Waals surface area contributed by atoms with Gasteiger partial charge < -0.3 is 13.6 Å². The molecule has 0 aromatic heterocycles. The van der Waals surface area contributed by atoms with E-state index in [4.69, 9.17) is 13.6 Å². The summed E-state index contributed by atoms with van der Waals surface area (Å²) in [5.74, 6) is 0.200. The Kier molecular flexibility index (Phi) is 9.07. The van der Waals surface area contributed by atoms with E-state index in [1.54, 1.807) is 6.07 Å². The fourth-order valence-corrected chi connectivity index (χ4v) is 4.39. The van der Waals surface area contributed by atoms with Gasteiger partial charge in [-0.3, -0.25) is 0 Å². The van der Waals surface area contributed by atoms with Crippen LogP contribution in [0.15, 0.2) is 24.3 Å². The molecule has 1 aromatic rings. The van der Waals surface area contributed by atoms with E-state index < -0.39 is 28.4 Å². The molecule has 31 heavy (non-hydrogen) atoms. The summed E-state index contributed by atoms with van der Waals surface area (Å²) in [6.45, 7) is 22.5. The van der Waals surface area contributed by atoms with Gasteiger partial charge in [0.05, 0.1) is 12.2 Å². The van der Waals surface area contributed by atoms with Crippen molar-refractivity contribution in [3.05, 3.63) is 29.8 Å². The van der Waals surface area contributed by atoms with Gasteiger partial charge in [0.2, 0.25) is 0 Å². The number of hydrogen-bond acceptors (Lipinski definition) is 3. The smallest absolute Gasteiger partial charge is 0.416 e.